The third-order valence-electron chi connectivity index (χ3n) is 2.76. The van der Waals surface area contributed by atoms with Crippen LogP contribution in [0.2, 0.25) is 0 Å². The van der Waals surface area contributed by atoms with Crippen LogP contribution in [0.5, 0.6) is 0 Å². The summed E-state index contributed by atoms with van der Waals surface area (Å²) in [7, 11) is -4.15. The molecule has 0 amide bonds. The molecule has 0 spiro atoms. The Morgan fingerprint density at radius 1 is 0.952 bits per heavy atom. The minimum absolute atomic E-state index is 0.0648. The lowest BCUT2D eigenvalue weighted by Gasteiger charge is -2.05. The van der Waals surface area contributed by atoms with E-state index in [1.807, 2.05) is 36.4 Å². The first-order valence-electron chi connectivity index (χ1n) is 6.27. The SMILES string of the molecule is C=Cc1cccc(C)c1S(=O)(=O)O.C=Cc1ccccc1. The van der Waals surface area contributed by atoms with Crippen LogP contribution in [0.25, 0.3) is 12.2 Å². The van der Waals surface area contributed by atoms with Gasteiger partial charge in [0.25, 0.3) is 10.1 Å². The van der Waals surface area contributed by atoms with E-state index in [1.165, 1.54) is 11.6 Å². The molecule has 0 bridgehead atoms. The van der Waals surface area contributed by atoms with Crippen molar-refractivity contribution >= 4 is 22.3 Å². The molecule has 0 aliphatic carbocycles. The molecule has 0 atom stereocenters. The molecule has 0 radical (unpaired) electrons. The summed E-state index contributed by atoms with van der Waals surface area (Å²) in [5.74, 6) is 0. The lowest BCUT2D eigenvalue weighted by molar-refractivity contribution is 0.482. The molecule has 110 valence electrons. The van der Waals surface area contributed by atoms with Gasteiger partial charge in [-0.25, -0.2) is 0 Å². The van der Waals surface area contributed by atoms with Crippen molar-refractivity contribution in [2.24, 2.45) is 0 Å². The molecule has 2 aromatic rings. The first-order chi connectivity index (χ1) is 9.90. The van der Waals surface area contributed by atoms with E-state index in [9.17, 15) is 8.42 Å². The molecule has 2 rings (SSSR count). The fourth-order valence-corrected chi connectivity index (χ4v) is 2.70. The Hall–Kier alpha value is -2.17. The summed E-state index contributed by atoms with van der Waals surface area (Å²) >= 11 is 0. The Morgan fingerprint density at radius 2 is 1.57 bits per heavy atom. The van der Waals surface area contributed by atoms with Crippen molar-refractivity contribution < 1.29 is 13.0 Å². The van der Waals surface area contributed by atoms with Crippen molar-refractivity contribution in [1.29, 1.82) is 0 Å². The number of rotatable bonds is 3. The van der Waals surface area contributed by atoms with Crippen molar-refractivity contribution in [3.63, 3.8) is 0 Å². The van der Waals surface area contributed by atoms with Crippen LogP contribution in [0.3, 0.4) is 0 Å². The van der Waals surface area contributed by atoms with Crippen molar-refractivity contribution in [1.82, 2.24) is 0 Å². The van der Waals surface area contributed by atoms with Crippen molar-refractivity contribution in [2.45, 2.75) is 11.8 Å². The molecule has 2 aromatic carbocycles. The lowest BCUT2D eigenvalue weighted by Crippen LogP contribution is -2.03. The second-order valence-electron chi connectivity index (χ2n) is 4.29. The van der Waals surface area contributed by atoms with Crippen LogP contribution in [0.15, 0.2) is 66.6 Å². The molecule has 4 heteroatoms. The summed E-state index contributed by atoms with van der Waals surface area (Å²) in [6, 6.07) is 14.9. The van der Waals surface area contributed by atoms with Gasteiger partial charge in [-0.1, -0.05) is 73.8 Å². The van der Waals surface area contributed by atoms with Crippen molar-refractivity contribution in [3.8, 4) is 0 Å². The van der Waals surface area contributed by atoms with E-state index >= 15 is 0 Å². The molecule has 0 aliphatic heterocycles. The molecule has 0 aromatic heterocycles. The Balaban J connectivity index is 0.000000235. The molecule has 0 aliphatic rings. The Morgan fingerprint density at radius 3 is 1.95 bits per heavy atom. The second-order valence-corrected chi connectivity index (χ2v) is 5.65. The zero-order valence-electron chi connectivity index (χ0n) is 11.9. The zero-order chi connectivity index (χ0) is 15.9. The predicted molar refractivity (Wildman–Crippen MR) is 87.6 cm³/mol. The van der Waals surface area contributed by atoms with Crippen molar-refractivity contribution in [2.75, 3.05) is 0 Å². The molecule has 21 heavy (non-hydrogen) atoms. The molecule has 3 nitrogen and oxygen atoms in total. The summed E-state index contributed by atoms with van der Waals surface area (Å²) in [6.07, 6.45) is 3.23. The highest BCUT2D eigenvalue weighted by Crippen LogP contribution is 2.20. The van der Waals surface area contributed by atoms with Gasteiger partial charge < -0.3 is 0 Å². The molecular formula is C17H18O3S. The van der Waals surface area contributed by atoms with Crippen LogP contribution in [0.4, 0.5) is 0 Å². The molecule has 0 unspecified atom stereocenters. The van der Waals surface area contributed by atoms with Gasteiger partial charge in [-0.05, 0) is 23.6 Å². The molecule has 0 saturated heterocycles. The van der Waals surface area contributed by atoms with Crippen LogP contribution < -0.4 is 0 Å². The number of hydrogen-bond donors (Lipinski definition) is 1. The van der Waals surface area contributed by atoms with Gasteiger partial charge >= 0.3 is 0 Å². The number of hydrogen-bond acceptors (Lipinski definition) is 2. The van der Waals surface area contributed by atoms with E-state index in [0.29, 0.717) is 11.1 Å². The molecule has 0 fully saturated rings. The van der Waals surface area contributed by atoms with Crippen LogP contribution >= 0.6 is 0 Å². The van der Waals surface area contributed by atoms with Crippen molar-refractivity contribution in [3.05, 3.63) is 78.4 Å². The highest BCUT2D eigenvalue weighted by molar-refractivity contribution is 7.86. The van der Waals surface area contributed by atoms with E-state index in [-0.39, 0.29) is 4.90 Å². The highest BCUT2D eigenvalue weighted by atomic mass is 32.2. The largest absolute Gasteiger partial charge is 0.295 e. The maximum absolute atomic E-state index is 10.9. The average Bonchev–Trinajstić information content (AvgIpc) is 2.47. The van der Waals surface area contributed by atoms with E-state index < -0.39 is 10.1 Å². The minimum atomic E-state index is -4.15. The fourth-order valence-electron chi connectivity index (χ4n) is 1.78. The summed E-state index contributed by atoms with van der Waals surface area (Å²) in [5.41, 5.74) is 2.11. The zero-order valence-corrected chi connectivity index (χ0v) is 12.7. The third-order valence-corrected chi connectivity index (χ3v) is 3.83. The summed E-state index contributed by atoms with van der Waals surface area (Å²) in [5, 5.41) is 0. The Bertz CT molecular complexity index is 717. The van der Waals surface area contributed by atoms with Crippen LogP contribution in [0, 0.1) is 6.92 Å². The molecule has 0 heterocycles. The quantitative estimate of drug-likeness (QED) is 0.864. The normalized spacial score (nSPS) is 10.2. The Labute approximate surface area is 126 Å². The van der Waals surface area contributed by atoms with Gasteiger partial charge in [0, 0.05) is 0 Å². The van der Waals surface area contributed by atoms with E-state index in [1.54, 1.807) is 25.1 Å². The van der Waals surface area contributed by atoms with Gasteiger partial charge in [-0.2, -0.15) is 8.42 Å². The van der Waals surface area contributed by atoms with E-state index in [0.717, 1.165) is 0 Å². The van der Waals surface area contributed by atoms with Gasteiger partial charge in [0.1, 0.15) is 4.90 Å². The average molecular weight is 302 g/mol. The van der Waals surface area contributed by atoms with Gasteiger partial charge in [0.05, 0.1) is 0 Å². The fraction of sp³-hybridized carbons (Fsp3) is 0.0588. The predicted octanol–water partition coefficient (Wildman–Crippen LogP) is 4.21. The first kappa shape index (κ1) is 16.9. The van der Waals surface area contributed by atoms with Crippen LogP contribution in [-0.4, -0.2) is 13.0 Å². The van der Waals surface area contributed by atoms with E-state index in [4.69, 9.17) is 4.55 Å². The molecular weight excluding hydrogens is 284 g/mol. The lowest BCUT2D eigenvalue weighted by atomic mass is 10.1. The summed E-state index contributed by atoms with van der Waals surface area (Å²) in [4.78, 5) is -0.0648. The standard InChI is InChI=1S/C9H10O3S.C8H8/c1-3-8-6-4-5-7(2)9(8)13(10,11)12;1-2-8-6-4-3-5-7-8/h3-6H,1H2,2H3,(H,10,11,12);2-7H,1H2. The van der Waals surface area contributed by atoms with Gasteiger partial charge in [-0.15, -0.1) is 0 Å². The van der Waals surface area contributed by atoms with Gasteiger partial charge in [-0.3, -0.25) is 4.55 Å². The summed E-state index contributed by atoms with van der Waals surface area (Å²) < 4.78 is 30.8. The van der Waals surface area contributed by atoms with E-state index in [2.05, 4.69) is 13.2 Å². The maximum Gasteiger partial charge on any atom is 0.295 e. The summed E-state index contributed by atoms with van der Waals surface area (Å²) in [6.45, 7) is 8.72. The monoisotopic (exact) mass is 302 g/mol. The number of benzene rings is 2. The van der Waals surface area contributed by atoms with Crippen LogP contribution in [0.1, 0.15) is 16.7 Å². The maximum atomic E-state index is 10.9. The second kappa shape index (κ2) is 7.57. The number of aryl methyl sites for hydroxylation is 1. The topological polar surface area (TPSA) is 54.4 Å². The molecule has 0 saturated carbocycles. The third kappa shape index (κ3) is 5.02. The molecule has 1 N–H and O–H groups in total. The minimum Gasteiger partial charge on any atom is -0.282 e. The first-order valence-corrected chi connectivity index (χ1v) is 7.71. The highest BCUT2D eigenvalue weighted by Gasteiger charge is 2.15. The van der Waals surface area contributed by atoms with Crippen LogP contribution in [-0.2, 0) is 10.1 Å². The smallest absolute Gasteiger partial charge is 0.282 e. The Kier molecular flexibility index (Phi) is 6.09. The van der Waals surface area contributed by atoms with Gasteiger partial charge in [0.15, 0.2) is 0 Å². The van der Waals surface area contributed by atoms with Gasteiger partial charge in [0.2, 0.25) is 0 Å².